The second-order valence-electron chi connectivity index (χ2n) is 8.92. The van der Waals surface area contributed by atoms with Gasteiger partial charge in [0.05, 0.1) is 28.5 Å². The fourth-order valence-corrected chi connectivity index (χ4v) is 4.26. The predicted octanol–water partition coefficient (Wildman–Crippen LogP) is 8.06. The molecular weight excluding hydrogens is 478 g/mol. The molecule has 1 N–H and O–H groups in total. The number of hydrogen-bond donors (Lipinski definition) is 1. The number of pyridine rings is 3. The molecule has 0 aliphatic rings. The Balaban J connectivity index is 1.39. The first-order valence-electron chi connectivity index (χ1n) is 12.7. The molecule has 0 bridgehead atoms. The average Bonchev–Trinajstić information content (AvgIpc) is 3.02. The van der Waals surface area contributed by atoms with Gasteiger partial charge in [-0.1, -0.05) is 72.8 Å². The molecule has 3 aromatic carbocycles. The summed E-state index contributed by atoms with van der Waals surface area (Å²) in [6.07, 6.45) is 3.57. The van der Waals surface area contributed by atoms with Gasteiger partial charge in [0.2, 0.25) is 0 Å². The van der Waals surface area contributed by atoms with Crippen molar-refractivity contribution in [2.24, 2.45) is 4.99 Å². The van der Waals surface area contributed by atoms with Gasteiger partial charge in [-0.15, -0.1) is 0 Å². The molecule has 0 saturated heterocycles. The first kappa shape index (κ1) is 23.9. The summed E-state index contributed by atoms with van der Waals surface area (Å²) in [5.74, 6) is 0.775. The minimum absolute atomic E-state index is 0.775. The maximum Gasteiger partial charge on any atom is 0.138 e. The SMILES string of the molecule is c1ccc(N=C(Nc2ccccc2)c2ccc(-c3cc(-c4ccccn4)nc(-c4ccccn4)c3)cc2)cc1. The van der Waals surface area contributed by atoms with Crippen LogP contribution in [0.3, 0.4) is 0 Å². The van der Waals surface area contributed by atoms with E-state index in [1.54, 1.807) is 12.4 Å². The normalized spacial score (nSPS) is 11.2. The van der Waals surface area contributed by atoms with Crippen LogP contribution in [0.4, 0.5) is 11.4 Å². The Bertz CT molecular complexity index is 1630. The van der Waals surface area contributed by atoms with Crippen LogP contribution >= 0.6 is 0 Å². The molecule has 0 atom stereocenters. The Kier molecular flexibility index (Phi) is 6.95. The van der Waals surface area contributed by atoms with Crippen molar-refractivity contribution in [2.75, 3.05) is 5.32 Å². The molecule has 0 spiro atoms. The average molecular weight is 504 g/mol. The zero-order valence-corrected chi connectivity index (χ0v) is 21.1. The van der Waals surface area contributed by atoms with Crippen molar-refractivity contribution in [3.63, 3.8) is 0 Å². The van der Waals surface area contributed by atoms with E-state index in [0.29, 0.717) is 0 Å². The van der Waals surface area contributed by atoms with Crippen LogP contribution in [0.2, 0.25) is 0 Å². The van der Waals surface area contributed by atoms with Crippen LogP contribution in [0, 0.1) is 0 Å². The number of rotatable bonds is 6. The molecule has 0 fully saturated rings. The topological polar surface area (TPSA) is 63.1 Å². The third-order valence-electron chi connectivity index (χ3n) is 6.21. The first-order valence-corrected chi connectivity index (χ1v) is 12.7. The van der Waals surface area contributed by atoms with E-state index in [-0.39, 0.29) is 0 Å². The third kappa shape index (κ3) is 5.78. The summed E-state index contributed by atoms with van der Waals surface area (Å²) in [7, 11) is 0. The Morgan fingerprint density at radius 2 is 1.08 bits per heavy atom. The van der Waals surface area contributed by atoms with Crippen molar-refractivity contribution < 1.29 is 0 Å². The number of para-hydroxylation sites is 2. The predicted molar refractivity (Wildman–Crippen MR) is 159 cm³/mol. The largest absolute Gasteiger partial charge is 0.340 e. The Morgan fingerprint density at radius 1 is 0.513 bits per heavy atom. The van der Waals surface area contributed by atoms with E-state index in [2.05, 4.69) is 51.7 Å². The number of aliphatic imine (C=N–C) groups is 1. The quantitative estimate of drug-likeness (QED) is 0.184. The van der Waals surface area contributed by atoms with Gasteiger partial charge in [-0.3, -0.25) is 9.97 Å². The summed E-state index contributed by atoms with van der Waals surface area (Å²) < 4.78 is 0. The lowest BCUT2D eigenvalue weighted by Crippen LogP contribution is -2.13. The number of nitrogens with one attached hydrogen (secondary N) is 1. The Hall–Kier alpha value is -5.42. The van der Waals surface area contributed by atoms with Crippen LogP contribution < -0.4 is 5.32 Å². The maximum atomic E-state index is 4.91. The van der Waals surface area contributed by atoms with E-state index < -0.39 is 0 Å². The van der Waals surface area contributed by atoms with E-state index in [9.17, 15) is 0 Å². The lowest BCUT2D eigenvalue weighted by atomic mass is 10.0. The van der Waals surface area contributed by atoms with Crippen molar-refractivity contribution in [1.29, 1.82) is 0 Å². The van der Waals surface area contributed by atoms with E-state index in [4.69, 9.17) is 9.98 Å². The smallest absolute Gasteiger partial charge is 0.138 e. The third-order valence-corrected chi connectivity index (χ3v) is 6.21. The molecule has 0 radical (unpaired) electrons. The second kappa shape index (κ2) is 11.3. The van der Waals surface area contributed by atoms with Crippen molar-refractivity contribution in [1.82, 2.24) is 15.0 Å². The van der Waals surface area contributed by atoms with Crippen molar-refractivity contribution in [2.45, 2.75) is 0 Å². The highest BCUT2D eigenvalue weighted by Gasteiger charge is 2.11. The zero-order chi connectivity index (χ0) is 26.3. The van der Waals surface area contributed by atoms with Gasteiger partial charge in [0.15, 0.2) is 0 Å². The minimum Gasteiger partial charge on any atom is -0.340 e. The summed E-state index contributed by atoms with van der Waals surface area (Å²) in [5.41, 5.74) is 8.18. The molecule has 5 heteroatoms. The number of anilines is 1. The number of aromatic nitrogens is 3. The summed E-state index contributed by atoms with van der Waals surface area (Å²) in [6, 6.07) is 44.3. The Morgan fingerprint density at radius 3 is 1.64 bits per heavy atom. The van der Waals surface area contributed by atoms with Crippen LogP contribution in [-0.2, 0) is 0 Å². The molecule has 186 valence electrons. The van der Waals surface area contributed by atoms with E-state index in [1.807, 2.05) is 97.1 Å². The lowest BCUT2D eigenvalue weighted by Gasteiger charge is -2.13. The molecule has 0 aliphatic heterocycles. The monoisotopic (exact) mass is 503 g/mol. The van der Waals surface area contributed by atoms with Crippen molar-refractivity contribution in [3.8, 4) is 33.9 Å². The molecule has 3 aromatic heterocycles. The fourth-order valence-electron chi connectivity index (χ4n) is 4.26. The highest BCUT2D eigenvalue weighted by Crippen LogP contribution is 2.29. The fraction of sp³-hybridized carbons (Fsp3) is 0. The van der Waals surface area contributed by atoms with E-state index >= 15 is 0 Å². The number of hydrogen-bond acceptors (Lipinski definition) is 4. The summed E-state index contributed by atoms with van der Waals surface area (Å²) in [6.45, 7) is 0. The van der Waals surface area contributed by atoms with E-state index in [0.717, 1.165) is 56.7 Å². The first-order chi connectivity index (χ1) is 19.3. The van der Waals surface area contributed by atoms with Crippen LogP contribution in [-0.4, -0.2) is 20.8 Å². The molecule has 0 unspecified atom stereocenters. The summed E-state index contributed by atoms with van der Waals surface area (Å²) >= 11 is 0. The van der Waals surface area contributed by atoms with Crippen LogP contribution in [0.1, 0.15) is 5.56 Å². The van der Waals surface area contributed by atoms with E-state index in [1.165, 1.54) is 0 Å². The van der Waals surface area contributed by atoms with Crippen LogP contribution in [0.25, 0.3) is 33.9 Å². The lowest BCUT2D eigenvalue weighted by molar-refractivity contribution is 1.22. The van der Waals surface area contributed by atoms with Gasteiger partial charge < -0.3 is 5.32 Å². The summed E-state index contributed by atoms with van der Waals surface area (Å²) in [5, 5.41) is 3.49. The molecule has 0 aliphatic carbocycles. The molecule has 6 rings (SSSR count). The van der Waals surface area contributed by atoms with Crippen molar-refractivity contribution >= 4 is 17.2 Å². The zero-order valence-electron chi connectivity index (χ0n) is 21.1. The maximum absolute atomic E-state index is 4.91. The van der Waals surface area contributed by atoms with Gasteiger partial charge in [0, 0.05) is 23.6 Å². The van der Waals surface area contributed by atoms with Crippen LogP contribution in [0.5, 0.6) is 0 Å². The molecule has 6 aromatic rings. The molecule has 39 heavy (non-hydrogen) atoms. The van der Waals surface area contributed by atoms with Gasteiger partial charge in [-0.2, -0.15) is 0 Å². The molecule has 5 nitrogen and oxygen atoms in total. The summed E-state index contributed by atoms with van der Waals surface area (Å²) in [4.78, 5) is 18.9. The van der Waals surface area contributed by atoms with Gasteiger partial charge >= 0.3 is 0 Å². The second-order valence-corrected chi connectivity index (χ2v) is 8.92. The standard InChI is InChI=1S/C34H25N5/c1-3-11-28(12-4-1)37-34(38-29-13-5-2-6-14-29)26-19-17-25(18-20-26)27-23-32(30-15-7-9-21-35-30)39-33(24-27)31-16-8-10-22-36-31/h1-24H,(H,37,38). The van der Waals surface area contributed by atoms with Gasteiger partial charge in [0.1, 0.15) is 5.84 Å². The number of nitrogens with zero attached hydrogens (tertiary/aromatic N) is 4. The number of amidine groups is 1. The molecule has 3 heterocycles. The van der Waals surface area contributed by atoms with Gasteiger partial charge in [0.25, 0.3) is 0 Å². The van der Waals surface area contributed by atoms with Crippen molar-refractivity contribution in [3.05, 3.63) is 151 Å². The Labute approximate surface area is 227 Å². The molecule has 0 saturated carbocycles. The highest BCUT2D eigenvalue weighted by atomic mass is 15.0. The minimum atomic E-state index is 0.775. The number of benzene rings is 3. The molecular formula is C34H25N5. The van der Waals surface area contributed by atoms with Crippen LogP contribution in [0.15, 0.2) is 151 Å². The highest BCUT2D eigenvalue weighted by molar-refractivity contribution is 6.09. The van der Waals surface area contributed by atoms with Gasteiger partial charge in [-0.25, -0.2) is 9.98 Å². The molecule has 0 amide bonds. The van der Waals surface area contributed by atoms with Gasteiger partial charge in [-0.05, 0) is 71.8 Å².